The maximum Gasteiger partial charge on any atom is 0.223 e. The van der Waals surface area contributed by atoms with Crippen molar-refractivity contribution < 1.29 is 4.79 Å². The summed E-state index contributed by atoms with van der Waals surface area (Å²) in [5, 5.41) is 3.14. The Morgan fingerprint density at radius 3 is 2.65 bits per heavy atom. The van der Waals surface area contributed by atoms with Gasteiger partial charge in [0.2, 0.25) is 5.91 Å². The van der Waals surface area contributed by atoms with Gasteiger partial charge < -0.3 is 16.0 Å². The second kappa shape index (κ2) is 9.82. The first kappa shape index (κ1) is 20.0. The molecule has 1 aliphatic carbocycles. The smallest absolute Gasteiger partial charge is 0.223 e. The summed E-state index contributed by atoms with van der Waals surface area (Å²) >= 11 is 0. The predicted octanol–water partition coefficient (Wildman–Crippen LogP) is 1.81. The Bertz CT molecular complexity index is 292. The van der Waals surface area contributed by atoms with Crippen molar-refractivity contribution in [2.45, 2.75) is 45.1 Å². The molecule has 120 valence electrons. The molecule has 1 amide bonds. The van der Waals surface area contributed by atoms with Crippen molar-refractivity contribution in [2.24, 2.45) is 17.6 Å². The van der Waals surface area contributed by atoms with E-state index in [9.17, 15) is 4.79 Å². The number of nitrogens with two attached hydrogens (primary N) is 1. The molecule has 6 heteroatoms. The van der Waals surface area contributed by atoms with Gasteiger partial charge in [0.25, 0.3) is 0 Å². The lowest BCUT2D eigenvalue weighted by Crippen LogP contribution is -2.39. The number of nitrogens with one attached hydrogen (secondary N) is 1. The van der Waals surface area contributed by atoms with Crippen LogP contribution < -0.4 is 11.1 Å². The molecule has 2 rings (SSSR count). The Balaban J connectivity index is 0.00000180. The van der Waals surface area contributed by atoms with Crippen LogP contribution in [0.5, 0.6) is 0 Å². The highest BCUT2D eigenvalue weighted by Crippen LogP contribution is 2.23. The number of hydrogen-bond donors (Lipinski definition) is 2. The summed E-state index contributed by atoms with van der Waals surface area (Å²) in [7, 11) is 0. The molecule has 3 atom stereocenters. The van der Waals surface area contributed by atoms with Gasteiger partial charge in [-0.2, -0.15) is 0 Å². The largest absolute Gasteiger partial charge is 0.356 e. The highest BCUT2D eigenvalue weighted by Gasteiger charge is 2.27. The predicted molar refractivity (Wildman–Crippen MR) is 87.7 cm³/mol. The van der Waals surface area contributed by atoms with Crippen LogP contribution in [0.4, 0.5) is 0 Å². The van der Waals surface area contributed by atoms with Gasteiger partial charge in [0.05, 0.1) is 0 Å². The standard InChI is InChI=1S/C14H27N3O.2ClH/c1-2-17-7-6-11(10-17)9-16-14(18)12-4-3-5-13(15)8-12;;/h11-13H,2-10,15H2,1H3,(H,16,18);2*1H. The third kappa shape index (κ3) is 5.76. The van der Waals surface area contributed by atoms with Crippen molar-refractivity contribution >= 4 is 30.7 Å². The fourth-order valence-electron chi connectivity index (χ4n) is 3.22. The van der Waals surface area contributed by atoms with Crippen LogP contribution in [0.15, 0.2) is 0 Å². The third-order valence-electron chi connectivity index (χ3n) is 4.47. The molecule has 1 saturated heterocycles. The Morgan fingerprint density at radius 1 is 1.30 bits per heavy atom. The second-order valence-electron chi connectivity index (χ2n) is 5.92. The number of amides is 1. The van der Waals surface area contributed by atoms with E-state index in [2.05, 4.69) is 17.1 Å². The molecule has 20 heavy (non-hydrogen) atoms. The van der Waals surface area contributed by atoms with Crippen LogP contribution in [-0.2, 0) is 4.79 Å². The van der Waals surface area contributed by atoms with Gasteiger partial charge in [-0.25, -0.2) is 0 Å². The average molecular weight is 326 g/mol. The zero-order chi connectivity index (χ0) is 13.0. The molecular weight excluding hydrogens is 297 g/mol. The number of nitrogens with zero attached hydrogens (tertiary/aromatic N) is 1. The first-order valence-electron chi connectivity index (χ1n) is 7.44. The zero-order valence-corrected chi connectivity index (χ0v) is 14.0. The topological polar surface area (TPSA) is 58.4 Å². The fraction of sp³-hybridized carbons (Fsp3) is 0.929. The summed E-state index contributed by atoms with van der Waals surface area (Å²) in [4.78, 5) is 14.5. The maximum atomic E-state index is 12.1. The van der Waals surface area contributed by atoms with E-state index in [4.69, 9.17) is 5.73 Å². The molecule has 2 fully saturated rings. The van der Waals surface area contributed by atoms with E-state index in [1.54, 1.807) is 0 Å². The van der Waals surface area contributed by atoms with Gasteiger partial charge in [-0.15, -0.1) is 24.8 Å². The van der Waals surface area contributed by atoms with Crippen LogP contribution >= 0.6 is 24.8 Å². The van der Waals surface area contributed by atoms with Crippen LogP contribution in [0.2, 0.25) is 0 Å². The minimum atomic E-state index is 0. The first-order valence-corrected chi connectivity index (χ1v) is 7.44. The summed E-state index contributed by atoms with van der Waals surface area (Å²) in [6, 6.07) is 0.233. The van der Waals surface area contributed by atoms with E-state index in [0.29, 0.717) is 5.92 Å². The monoisotopic (exact) mass is 325 g/mol. The molecule has 1 heterocycles. The molecule has 0 spiro atoms. The van der Waals surface area contributed by atoms with Crippen LogP contribution in [0.25, 0.3) is 0 Å². The van der Waals surface area contributed by atoms with E-state index >= 15 is 0 Å². The van der Waals surface area contributed by atoms with Gasteiger partial charge >= 0.3 is 0 Å². The number of halogens is 2. The molecule has 0 aromatic carbocycles. The minimum absolute atomic E-state index is 0. The lowest BCUT2D eigenvalue weighted by atomic mass is 9.85. The molecular formula is C14H29Cl2N3O. The molecule has 4 nitrogen and oxygen atoms in total. The van der Waals surface area contributed by atoms with Gasteiger partial charge in [-0.1, -0.05) is 13.3 Å². The number of carbonyl (C=O) groups excluding carboxylic acids is 1. The molecule has 1 aliphatic heterocycles. The van der Waals surface area contributed by atoms with E-state index in [0.717, 1.165) is 45.3 Å². The van der Waals surface area contributed by atoms with Crippen molar-refractivity contribution in [3.8, 4) is 0 Å². The summed E-state index contributed by atoms with van der Waals surface area (Å²) in [6.07, 6.45) is 5.30. The van der Waals surface area contributed by atoms with Crippen LogP contribution in [0, 0.1) is 11.8 Å². The van der Waals surface area contributed by atoms with E-state index in [-0.39, 0.29) is 42.7 Å². The molecule has 3 N–H and O–H groups in total. The van der Waals surface area contributed by atoms with Crippen molar-refractivity contribution in [2.75, 3.05) is 26.2 Å². The van der Waals surface area contributed by atoms with Gasteiger partial charge in [0, 0.05) is 25.0 Å². The van der Waals surface area contributed by atoms with Crippen LogP contribution in [0.3, 0.4) is 0 Å². The summed E-state index contributed by atoms with van der Waals surface area (Å²) in [5.41, 5.74) is 5.93. The highest BCUT2D eigenvalue weighted by molar-refractivity contribution is 5.85. The van der Waals surface area contributed by atoms with E-state index in [1.807, 2.05) is 0 Å². The van der Waals surface area contributed by atoms with Gasteiger partial charge in [0.15, 0.2) is 0 Å². The Kier molecular flexibility index (Phi) is 9.81. The number of hydrogen-bond acceptors (Lipinski definition) is 3. The zero-order valence-electron chi connectivity index (χ0n) is 12.3. The number of likely N-dealkylation sites (tertiary alicyclic amines) is 1. The van der Waals surface area contributed by atoms with Crippen molar-refractivity contribution in [3.05, 3.63) is 0 Å². The molecule has 0 bridgehead atoms. The quantitative estimate of drug-likeness (QED) is 0.828. The Morgan fingerprint density at radius 2 is 2.05 bits per heavy atom. The maximum absolute atomic E-state index is 12.1. The molecule has 1 saturated carbocycles. The minimum Gasteiger partial charge on any atom is -0.356 e. The van der Waals surface area contributed by atoms with Gasteiger partial charge in [0.1, 0.15) is 0 Å². The summed E-state index contributed by atoms with van der Waals surface area (Å²) < 4.78 is 0. The van der Waals surface area contributed by atoms with E-state index in [1.165, 1.54) is 13.0 Å². The number of rotatable bonds is 4. The van der Waals surface area contributed by atoms with Crippen molar-refractivity contribution in [1.29, 1.82) is 0 Å². The Labute approximate surface area is 135 Å². The molecule has 0 radical (unpaired) electrons. The molecule has 0 aromatic heterocycles. The molecule has 0 aromatic rings. The summed E-state index contributed by atoms with van der Waals surface area (Å²) in [5.74, 6) is 1.05. The average Bonchev–Trinajstić information content (AvgIpc) is 2.84. The Hall–Kier alpha value is -0.0300. The molecule has 2 aliphatic rings. The van der Waals surface area contributed by atoms with Crippen molar-refractivity contribution in [3.63, 3.8) is 0 Å². The fourth-order valence-corrected chi connectivity index (χ4v) is 3.22. The second-order valence-corrected chi connectivity index (χ2v) is 5.92. The lowest BCUT2D eigenvalue weighted by molar-refractivity contribution is -0.126. The SMILES string of the molecule is CCN1CCC(CNC(=O)C2CCCC(N)C2)C1.Cl.Cl. The highest BCUT2D eigenvalue weighted by atomic mass is 35.5. The normalized spacial score (nSPS) is 30.2. The lowest BCUT2D eigenvalue weighted by Gasteiger charge is -2.26. The van der Waals surface area contributed by atoms with E-state index < -0.39 is 0 Å². The van der Waals surface area contributed by atoms with Crippen molar-refractivity contribution in [1.82, 2.24) is 10.2 Å². The molecule has 3 unspecified atom stereocenters. The van der Waals surface area contributed by atoms with Gasteiger partial charge in [-0.05, 0) is 44.7 Å². The number of carbonyl (C=O) groups is 1. The van der Waals surface area contributed by atoms with Crippen LogP contribution in [-0.4, -0.2) is 43.0 Å². The summed E-state index contributed by atoms with van der Waals surface area (Å²) in [6.45, 7) is 6.50. The van der Waals surface area contributed by atoms with Crippen LogP contribution in [0.1, 0.15) is 39.0 Å². The first-order chi connectivity index (χ1) is 8.69. The van der Waals surface area contributed by atoms with Gasteiger partial charge in [-0.3, -0.25) is 4.79 Å². The third-order valence-corrected chi connectivity index (χ3v) is 4.47.